The third kappa shape index (κ3) is 2.27. The van der Waals surface area contributed by atoms with Crippen molar-refractivity contribution in [3.8, 4) is 0 Å². The largest absolute Gasteiger partial charge is 0.311 e. The highest BCUT2D eigenvalue weighted by molar-refractivity contribution is 5.25. The molecule has 0 bridgehead atoms. The van der Waals surface area contributed by atoms with Crippen LogP contribution in [0, 0.1) is 5.41 Å². The highest BCUT2D eigenvalue weighted by Gasteiger charge is 2.32. The van der Waals surface area contributed by atoms with E-state index in [2.05, 4.69) is 58.2 Å². The average Bonchev–Trinajstić information content (AvgIpc) is 2.09. The van der Waals surface area contributed by atoms with Crippen LogP contribution in [-0.2, 0) is 0 Å². The van der Waals surface area contributed by atoms with E-state index < -0.39 is 0 Å². The van der Waals surface area contributed by atoms with Crippen LogP contribution in [0.4, 0.5) is 0 Å². The van der Waals surface area contributed by atoms with Gasteiger partial charge in [0.2, 0.25) is 0 Å². The van der Waals surface area contributed by atoms with Crippen molar-refractivity contribution in [2.75, 3.05) is 0 Å². The molecule has 1 heteroatoms. The minimum absolute atomic E-state index is 0.291. The first-order valence-electron chi connectivity index (χ1n) is 5.57. The van der Waals surface area contributed by atoms with Gasteiger partial charge in [-0.3, -0.25) is 0 Å². The summed E-state index contributed by atoms with van der Waals surface area (Å²) in [5.74, 6) is 0. The van der Waals surface area contributed by atoms with Crippen molar-refractivity contribution >= 4 is 0 Å². The van der Waals surface area contributed by atoms with Crippen molar-refractivity contribution in [1.29, 1.82) is 0 Å². The second kappa shape index (κ2) is 4.31. The van der Waals surface area contributed by atoms with Crippen LogP contribution < -0.4 is 5.32 Å². The van der Waals surface area contributed by atoms with Gasteiger partial charge < -0.3 is 5.32 Å². The Hall–Kier alpha value is -0.560. The van der Waals surface area contributed by atoms with E-state index in [-0.39, 0.29) is 0 Å². The Morgan fingerprint density at radius 1 is 1.36 bits per heavy atom. The maximum Gasteiger partial charge on any atom is 0.0135 e. The van der Waals surface area contributed by atoms with Gasteiger partial charge in [0.25, 0.3) is 0 Å². The molecule has 0 amide bonds. The van der Waals surface area contributed by atoms with Gasteiger partial charge in [0, 0.05) is 17.5 Å². The van der Waals surface area contributed by atoms with Crippen LogP contribution in [0.25, 0.3) is 0 Å². The van der Waals surface area contributed by atoms with E-state index >= 15 is 0 Å². The number of hydrogen-bond donors (Lipinski definition) is 1. The number of nitrogens with one attached hydrogen (secondary N) is 1. The Bertz CT molecular complexity index is 250. The highest BCUT2D eigenvalue weighted by atomic mass is 14.9. The molecule has 2 atom stereocenters. The molecule has 0 spiro atoms. The van der Waals surface area contributed by atoms with Gasteiger partial charge in [0.15, 0.2) is 0 Å². The highest BCUT2D eigenvalue weighted by Crippen LogP contribution is 2.37. The van der Waals surface area contributed by atoms with E-state index in [1.807, 2.05) is 0 Å². The molecule has 14 heavy (non-hydrogen) atoms. The molecule has 0 aliphatic heterocycles. The van der Waals surface area contributed by atoms with Gasteiger partial charge >= 0.3 is 0 Å². The normalized spacial score (nSPS) is 29.1. The summed E-state index contributed by atoms with van der Waals surface area (Å²) in [6.07, 6.45) is 7.82. The fraction of sp³-hybridized carbons (Fsp3) is 0.692. The minimum atomic E-state index is 0.291. The van der Waals surface area contributed by atoms with Crippen molar-refractivity contribution in [2.45, 2.75) is 53.1 Å². The van der Waals surface area contributed by atoms with E-state index in [0.717, 1.165) is 6.42 Å². The molecule has 1 rings (SSSR count). The van der Waals surface area contributed by atoms with Gasteiger partial charge in [-0.15, -0.1) is 0 Å². The Balaban J connectivity index is 2.74. The van der Waals surface area contributed by atoms with Crippen molar-refractivity contribution in [2.24, 2.45) is 5.41 Å². The SMILES string of the molecule is CC1=CC=CCC1(C)C(C)NC(C)C. The lowest BCUT2D eigenvalue weighted by Gasteiger charge is -2.39. The average molecular weight is 193 g/mol. The van der Waals surface area contributed by atoms with Crippen molar-refractivity contribution in [1.82, 2.24) is 5.32 Å². The fourth-order valence-corrected chi connectivity index (χ4v) is 2.08. The second-order valence-electron chi connectivity index (χ2n) is 4.94. The molecule has 0 aromatic carbocycles. The van der Waals surface area contributed by atoms with E-state index in [1.165, 1.54) is 5.57 Å². The maximum absolute atomic E-state index is 3.61. The van der Waals surface area contributed by atoms with Gasteiger partial charge in [-0.1, -0.05) is 44.6 Å². The lowest BCUT2D eigenvalue weighted by Crippen LogP contribution is -2.45. The molecule has 0 fully saturated rings. The van der Waals surface area contributed by atoms with Crippen LogP contribution in [0.5, 0.6) is 0 Å². The monoisotopic (exact) mass is 193 g/mol. The summed E-state index contributed by atoms with van der Waals surface area (Å²) in [5.41, 5.74) is 1.78. The predicted octanol–water partition coefficient (Wildman–Crippen LogP) is 3.29. The summed E-state index contributed by atoms with van der Waals surface area (Å²) >= 11 is 0. The fourth-order valence-electron chi connectivity index (χ4n) is 2.08. The molecule has 80 valence electrons. The molecule has 0 radical (unpaired) electrons. The van der Waals surface area contributed by atoms with E-state index in [0.29, 0.717) is 17.5 Å². The second-order valence-corrected chi connectivity index (χ2v) is 4.94. The van der Waals surface area contributed by atoms with E-state index in [9.17, 15) is 0 Å². The van der Waals surface area contributed by atoms with E-state index in [1.54, 1.807) is 0 Å². The molecule has 0 heterocycles. The van der Waals surface area contributed by atoms with E-state index in [4.69, 9.17) is 0 Å². The zero-order valence-corrected chi connectivity index (χ0v) is 10.1. The third-order valence-electron chi connectivity index (χ3n) is 3.46. The molecule has 0 aromatic rings. The standard InChI is InChI=1S/C13H23N/c1-10(2)14-12(4)13(5)9-7-6-8-11(13)3/h6-8,10,12,14H,9H2,1-5H3. The van der Waals surface area contributed by atoms with Crippen LogP contribution in [-0.4, -0.2) is 12.1 Å². The Kier molecular flexibility index (Phi) is 3.54. The van der Waals surface area contributed by atoms with Gasteiger partial charge in [0.1, 0.15) is 0 Å². The van der Waals surface area contributed by atoms with Crippen LogP contribution in [0.15, 0.2) is 23.8 Å². The predicted molar refractivity (Wildman–Crippen MR) is 63.4 cm³/mol. The van der Waals surface area contributed by atoms with Crippen LogP contribution in [0.2, 0.25) is 0 Å². The Labute approximate surface area is 88.3 Å². The summed E-state index contributed by atoms with van der Waals surface area (Å²) in [4.78, 5) is 0. The molecule has 0 aromatic heterocycles. The van der Waals surface area contributed by atoms with Crippen LogP contribution >= 0.6 is 0 Å². The quantitative estimate of drug-likeness (QED) is 0.725. The molecule has 1 aliphatic rings. The van der Waals surface area contributed by atoms with Crippen LogP contribution in [0.3, 0.4) is 0 Å². The Morgan fingerprint density at radius 3 is 2.50 bits per heavy atom. The zero-order valence-electron chi connectivity index (χ0n) is 10.1. The molecule has 0 saturated carbocycles. The molecule has 2 unspecified atom stereocenters. The zero-order chi connectivity index (χ0) is 10.8. The van der Waals surface area contributed by atoms with Gasteiger partial charge in [0.05, 0.1) is 0 Å². The summed E-state index contributed by atoms with van der Waals surface area (Å²) in [7, 11) is 0. The van der Waals surface area contributed by atoms with Gasteiger partial charge in [-0.05, 0) is 20.3 Å². The summed E-state index contributed by atoms with van der Waals surface area (Å²) in [5, 5.41) is 3.61. The first kappa shape index (κ1) is 11.5. The summed E-state index contributed by atoms with van der Waals surface area (Å²) < 4.78 is 0. The number of allylic oxidation sites excluding steroid dienone is 3. The van der Waals surface area contributed by atoms with Gasteiger partial charge in [-0.2, -0.15) is 0 Å². The third-order valence-corrected chi connectivity index (χ3v) is 3.46. The van der Waals surface area contributed by atoms with Crippen molar-refractivity contribution in [3.05, 3.63) is 23.8 Å². The molecular formula is C13H23N. The van der Waals surface area contributed by atoms with Crippen molar-refractivity contribution in [3.63, 3.8) is 0 Å². The topological polar surface area (TPSA) is 12.0 Å². The maximum atomic E-state index is 3.61. The first-order chi connectivity index (χ1) is 6.47. The lowest BCUT2D eigenvalue weighted by atomic mass is 9.72. The molecule has 1 N–H and O–H groups in total. The van der Waals surface area contributed by atoms with Gasteiger partial charge in [-0.25, -0.2) is 0 Å². The smallest absolute Gasteiger partial charge is 0.0135 e. The molecule has 0 saturated heterocycles. The van der Waals surface area contributed by atoms with Crippen LogP contribution in [0.1, 0.15) is 41.0 Å². The summed E-state index contributed by atoms with van der Waals surface area (Å²) in [6.45, 7) is 11.3. The van der Waals surface area contributed by atoms with Crippen molar-refractivity contribution < 1.29 is 0 Å². The molecular weight excluding hydrogens is 170 g/mol. The number of rotatable bonds is 3. The molecule has 1 nitrogen and oxygen atoms in total. The summed E-state index contributed by atoms with van der Waals surface area (Å²) in [6, 6.07) is 1.09. The first-order valence-corrected chi connectivity index (χ1v) is 5.57. The lowest BCUT2D eigenvalue weighted by molar-refractivity contribution is 0.266. The Morgan fingerprint density at radius 2 is 2.00 bits per heavy atom. The minimum Gasteiger partial charge on any atom is -0.311 e. The number of hydrogen-bond acceptors (Lipinski definition) is 1. The molecule has 1 aliphatic carbocycles.